The fraction of sp³-hybridized carbons (Fsp3) is 0.273. The molecule has 0 bridgehead atoms. The molecule has 0 aliphatic carbocycles. The van der Waals surface area contributed by atoms with Crippen LogP contribution in [0.2, 0.25) is 0 Å². The van der Waals surface area contributed by atoms with Gasteiger partial charge in [0.05, 0.1) is 12.0 Å². The van der Waals surface area contributed by atoms with Gasteiger partial charge in [0, 0.05) is 6.54 Å². The maximum absolute atomic E-state index is 11.5. The minimum absolute atomic E-state index is 0.0432. The fourth-order valence-corrected chi connectivity index (χ4v) is 1.22. The molecule has 0 atom stereocenters. The number of carboxylic acid groups (broad SMARTS) is 1. The highest BCUT2D eigenvalue weighted by Crippen LogP contribution is 2.20. The molecule has 16 heavy (non-hydrogen) atoms. The molecule has 0 saturated carbocycles. The highest BCUT2D eigenvalue weighted by molar-refractivity contribution is 5.97. The van der Waals surface area contributed by atoms with Crippen molar-refractivity contribution in [1.82, 2.24) is 5.32 Å². The number of carbonyl (C=O) groups excluding carboxylic acids is 1. The molecule has 0 saturated heterocycles. The molecular weight excluding hydrogens is 210 g/mol. The Morgan fingerprint density at radius 2 is 2.06 bits per heavy atom. The van der Waals surface area contributed by atoms with Gasteiger partial charge in [-0.2, -0.15) is 0 Å². The highest BCUT2D eigenvalue weighted by Gasteiger charge is 2.11. The van der Waals surface area contributed by atoms with Crippen LogP contribution < -0.4 is 5.32 Å². The van der Waals surface area contributed by atoms with E-state index in [9.17, 15) is 14.7 Å². The quantitative estimate of drug-likeness (QED) is 0.708. The summed E-state index contributed by atoms with van der Waals surface area (Å²) in [6.07, 6.45) is -0.141. The molecule has 1 amide bonds. The van der Waals surface area contributed by atoms with Crippen LogP contribution >= 0.6 is 0 Å². The average molecular weight is 223 g/mol. The van der Waals surface area contributed by atoms with Crippen molar-refractivity contribution in [2.45, 2.75) is 13.3 Å². The number of carbonyl (C=O) groups is 2. The van der Waals surface area contributed by atoms with Gasteiger partial charge >= 0.3 is 5.97 Å². The first kappa shape index (κ1) is 12.0. The van der Waals surface area contributed by atoms with E-state index in [4.69, 9.17) is 5.11 Å². The molecule has 0 fully saturated rings. The van der Waals surface area contributed by atoms with Crippen LogP contribution in [-0.2, 0) is 4.79 Å². The Labute approximate surface area is 92.7 Å². The number of aryl methyl sites for hydroxylation is 1. The average Bonchev–Trinajstić information content (AvgIpc) is 2.21. The van der Waals surface area contributed by atoms with Crippen LogP contribution in [0.4, 0.5) is 0 Å². The lowest BCUT2D eigenvalue weighted by Gasteiger charge is -2.07. The van der Waals surface area contributed by atoms with Gasteiger partial charge in [-0.1, -0.05) is 12.1 Å². The Bertz CT molecular complexity index is 414. The number of benzene rings is 1. The number of nitrogens with one attached hydrogen (secondary N) is 1. The molecule has 1 aromatic rings. The number of phenolic OH excluding ortho intramolecular Hbond substituents is 1. The molecule has 1 aromatic carbocycles. The Kier molecular flexibility index (Phi) is 3.88. The van der Waals surface area contributed by atoms with E-state index < -0.39 is 11.9 Å². The van der Waals surface area contributed by atoms with E-state index in [2.05, 4.69) is 5.32 Å². The van der Waals surface area contributed by atoms with E-state index in [1.54, 1.807) is 19.1 Å². The van der Waals surface area contributed by atoms with E-state index in [-0.39, 0.29) is 24.3 Å². The summed E-state index contributed by atoms with van der Waals surface area (Å²) >= 11 is 0. The van der Waals surface area contributed by atoms with E-state index in [0.717, 1.165) is 0 Å². The highest BCUT2D eigenvalue weighted by atomic mass is 16.4. The lowest BCUT2D eigenvalue weighted by molar-refractivity contribution is -0.136. The van der Waals surface area contributed by atoms with Crippen LogP contribution in [0.15, 0.2) is 18.2 Å². The smallest absolute Gasteiger partial charge is 0.305 e. The molecule has 5 nitrogen and oxygen atoms in total. The zero-order valence-corrected chi connectivity index (χ0v) is 8.86. The Hall–Kier alpha value is -2.04. The Morgan fingerprint density at radius 1 is 1.38 bits per heavy atom. The molecular formula is C11H13NO4. The van der Waals surface area contributed by atoms with Crippen molar-refractivity contribution in [3.63, 3.8) is 0 Å². The molecule has 0 unspecified atom stereocenters. The van der Waals surface area contributed by atoms with Crippen molar-refractivity contribution < 1.29 is 19.8 Å². The van der Waals surface area contributed by atoms with Crippen LogP contribution in [0.3, 0.4) is 0 Å². The lowest BCUT2D eigenvalue weighted by atomic mass is 10.1. The number of aliphatic carboxylic acids is 1. The van der Waals surface area contributed by atoms with Gasteiger partial charge in [0.25, 0.3) is 5.91 Å². The first-order chi connectivity index (χ1) is 7.52. The van der Waals surface area contributed by atoms with Crippen LogP contribution in [0.1, 0.15) is 22.3 Å². The van der Waals surface area contributed by atoms with Crippen molar-refractivity contribution >= 4 is 11.9 Å². The third kappa shape index (κ3) is 2.98. The third-order valence-corrected chi connectivity index (χ3v) is 2.11. The predicted octanol–water partition coefficient (Wildman–Crippen LogP) is 0.905. The summed E-state index contributed by atoms with van der Waals surface area (Å²) in [7, 11) is 0. The SMILES string of the molecule is Cc1cccc(C(=O)NCCC(=O)O)c1O. The van der Waals surface area contributed by atoms with Gasteiger partial charge in [0.15, 0.2) is 0 Å². The second kappa shape index (κ2) is 5.16. The second-order valence-corrected chi connectivity index (χ2v) is 3.37. The fourth-order valence-electron chi connectivity index (χ4n) is 1.22. The van der Waals surface area contributed by atoms with Crippen molar-refractivity contribution in [2.75, 3.05) is 6.54 Å². The summed E-state index contributed by atoms with van der Waals surface area (Å²) in [6, 6.07) is 4.82. The number of amides is 1. The van der Waals surface area contributed by atoms with E-state index in [1.165, 1.54) is 6.07 Å². The molecule has 0 aliphatic heterocycles. The zero-order chi connectivity index (χ0) is 12.1. The van der Waals surface area contributed by atoms with Crippen molar-refractivity contribution in [3.05, 3.63) is 29.3 Å². The molecule has 0 heterocycles. The minimum Gasteiger partial charge on any atom is -0.507 e. The summed E-state index contributed by atoms with van der Waals surface area (Å²) in [5.74, 6) is -1.52. The van der Waals surface area contributed by atoms with E-state index in [0.29, 0.717) is 5.56 Å². The molecule has 5 heteroatoms. The topological polar surface area (TPSA) is 86.6 Å². The summed E-state index contributed by atoms with van der Waals surface area (Å²) in [5, 5.41) is 20.4. The number of hydrogen-bond donors (Lipinski definition) is 3. The predicted molar refractivity (Wildman–Crippen MR) is 57.4 cm³/mol. The summed E-state index contributed by atoms with van der Waals surface area (Å²) < 4.78 is 0. The maximum atomic E-state index is 11.5. The number of phenols is 1. The van der Waals surface area contributed by atoms with Gasteiger partial charge < -0.3 is 15.5 Å². The Morgan fingerprint density at radius 3 is 2.69 bits per heavy atom. The van der Waals surface area contributed by atoms with Crippen LogP contribution in [-0.4, -0.2) is 28.6 Å². The third-order valence-electron chi connectivity index (χ3n) is 2.11. The second-order valence-electron chi connectivity index (χ2n) is 3.37. The largest absolute Gasteiger partial charge is 0.507 e. The zero-order valence-electron chi connectivity index (χ0n) is 8.86. The molecule has 0 aromatic heterocycles. The standard InChI is InChI=1S/C11H13NO4/c1-7-3-2-4-8(10(7)15)11(16)12-6-5-9(13)14/h2-4,15H,5-6H2,1H3,(H,12,16)(H,13,14). The lowest BCUT2D eigenvalue weighted by Crippen LogP contribution is -2.26. The first-order valence-corrected chi connectivity index (χ1v) is 4.81. The molecule has 3 N–H and O–H groups in total. The van der Waals surface area contributed by atoms with Crippen LogP contribution in [0.5, 0.6) is 5.75 Å². The summed E-state index contributed by atoms with van der Waals surface area (Å²) in [5.41, 5.74) is 0.760. The molecule has 1 rings (SSSR count). The van der Waals surface area contributed by atoms with E-state index >= 15 is 0 Å². The van der Waals surface area contributed by atoms with Crippen molar-refractivity contribution in [1.29, 1.82) is 0 Å². The normalized spacial score (nSPS) is 9.81. The molecule has 86 valence electrons. The van der Waals surface area contributed by atoms with Gasteiger partial charge in [-0.15, -0.1) is 0 Å². The van der Waals surface area contributed by atoms with Gasteiger partial charge in [-0.05, 0) is 18.6 Å². The monoisotopic (exact) mass is 223 g/mol. The van der Waals surface area contributed by atoms with Crippen LogP contribution in [0.25, 0.3) is 0 Å². The molecule has 0 aliphatic rings. The number of rotatable bonds is 4. The number of aromatic hydroxyl groups is 1. The van der Waals surface area contributed by atoms with Gasteiger partial charge in [-0.25, -0.2) is 0 Å². The van der Waals surface area contributed by atoms with E-state index in [1.807, 2.05) is 0 Å². The van der Waals surface area contributed by atoms with Crippen LogP contribution in [0, 0.1) is 6.92 Å². The summed E-state index contributed by atoms with van der Waals surface area (Å²) in [6.45, 7) is 1.73. The van der Waals surface area contributed by atoms with Gasteiger partial charge in [-0.3, -0.25) is 9.59 Å². The van der Waals surface area contributed by atoms with Crippen molar-refractivity contribution in [3.8, 4) is 5.75 Å². The summed E-state index contributed by atoms with van der Waals surface area (Å²) in [4.78, 5) is 21.8. The maximum Gasteiger partial charge on any atom is 0.305 e. The first-order valence-electron chi connectivity index (χ1n) is 4.81. The Balaban J connectivity index is 2.66. The van der Waals surface area contributed by atoms with Crippen molar-refractivity contribution in [2.24, 2.45) is 0 Å². The van der Waals surface area contributed by atoms with Gasteiger partial charge in [0.1, 0.15) is 5.75 Å². The molecule has 0 spiro atoms. The van der Waals surface area contributed by atoms with Gasteiger partial charge in [0.2, 0.25) is 0 Å². The molecule has 0 radical (unpaired) electrons. The number of hydrogen-bond acceptors (Lipinski definition) is 3. The number of carboxylic acids is 1. The minimum atomic E-state index is -0.978. The number of para-hydroxylation sites is 1.